The molecule has 0 spiro atoms. The number of unbranched alkanes of at least 4 members (excludes halogenated alkanes) is 1. The Morgan fingerprint density at radius 3 is 2.45 bits per heavy atom. The van der Waals surface area contributed by atoms with Crippen LogP contribution in [-0.4, -0.2) is 18.2 Å². The van der Waals surface area contributed by atoms with Crippen molar-refractivity contribution in [3.05, 3.63) is 71.8 Å². The van der Waals surface area contributed by atoms with Crippen molar-refractivity contribution in [3.63, 3.8) is 0 Å². The topological polar surface area (TPSA) is 50.4 Å². The smallest absolute Gasteiger partial charge is 0.340 e. The van der Waals surface area contributed by atoms with Crippen LogP contribution in [0.25, 0.3) is 10.4 Å². The van der Waals surface area contributed by atoms with E-state index in [9.17, 15) is 4.79 Å². The van der Waals surface area contributed by atoms with E-state index < -0.39 is 5.97 Å². The molecule has 3 rings (SSSR count). The van der Waals surface area contributed by atoms with Gasteiger partial charge in [0, 0.05) is 10.6 Å². The summed E-state index contributed by atoms with van der Waals surface area (Å²) in [6, 6.07) is 20.0. The molecule has 1 heterocycles. The summed E-state index contributed by atoms with van der Waals surface area (Å²) in [5.74, 6) is -0.394. The Hall–Kier alpha value is -2.70. The van der Waals surface area contributed by atoms with Crippen molar-refractivity contribution in [1.29, 1.82) is 0 Å². The Balaban J connectivity index is 1.73. The van der Waals surface area contributed by atoms with E-state index in [1.807, 2.05) is 48.5 Å². The number of aryl methyl sites for hydroxylation is 1. The maximum atomic E-state index is 12.2. The summed E-state index contributed by atoms with van der Waals surface area (Å²) in [7, 11) is 1.38. The Morgan fingerprint density at radius 2 is 1.79 bits per heavy atom. The van der Waals surface area contributed by atoms with E-state index in [1.165, 1.54) is 36.9 Å². The second kappa shape index (κ2) is 10.2. The summed E-state index contributed by atoms with van der Waals surface area (Å²) in [6.07, 6.45) is 3.45. The van der Waals surface area contributed by atoms with Crippen molar-refractivity contribution in [3.8, 4) is 10.4 Å². The first-order valence-corrected chi connectivity index (χ1v) is 10.8. The highest BCUT2D eigenvalue weighted by molar-refractivity contribution is 7.80. The molecule has 0 radical (unpaired) electrons. The molecule has 4 nitrogen and oxygen atoms in total. The van der Waals surface area contributed by atoms with Crippen LogP contribution in [0.5, 0.6) is 0 Å². The maximum Gasteiger partial charge on any atom is 0.340 e. The first kappa shape index (κ1) is 21.0. The van der Waals surface area contributed by atoms with Crippen molar-refractivity contribution in [1.82, 2.24) is 0 Å². The standard InChI is InChI=1S/C23H24N2O2S2/c1-3-4-8-16-11-13-18(14-12-16)24-23(28)25-21-19(22(26)27-2)15-20(29-21)17-9-6-5-7-10-17/h5-7,9-15H,3-4,8H2,1-2H3,(H2,24,25,28). The number of esters is 1. The van der Waals surface area contributed by atoms with Gasteiger partial charge in [0.25, 0.3) is 0 Å². The number of carbonyl (C=O) groups is 1. The molecule has 6 heteroatoms. The molecule has 0 atom stereocenters. The lowest BCUT2D eigenvalue weighted by Gasteiger charge is -2.11. The molecule has 0 aliphatic heterocycles. The van der Waals surface area contributed by atoms with Gasteiger partial charge in [0.15, 0.2) is 5.11 Å². The maximum absolute atomic E-state index is 12.2. The van der Waals surface area contributed by atoms with Crippen molar-refractivity contribution >= 4 is 45.3 Å². The molecule has 0 saturated heterocycles. The molecule has 2 aromatic carbocycles. The number of anilines is 2. The van der Waals surface area contributed by atoms with E-state index in [0.717, 1.165) is 22.5 Å². The number of rotatable bonds is 7. The van der Waals surface area contributed by atoms with Gasteiger partial charge in [-0.25, -0.2) is 4.79 Å². The number of thiophene rings is 1. The molecule has 0 unspecified atom stereocenters. The van der Waals surface area contributed by atoms with Gasteiger partial charge in [-0.15, -0.1) is 11.3 Å². The van der Waals surface area contributed by atoms with Gasteiger partial charge in [-0.1, -0.05) is 55.8 Å². The second-order valence-electron chi connectivity index (χ2n) is 6.59. The number of carbonyl (C=O) groups excluding carboxylic acids is 1. The van der Waals surface area contributed by atoms with Gasteiger partial charge in [-0.05, 0) is 54.4 Å². The lowest BCUT2D eigenvalue weighted by Crippen LogP contribution is -2.19. The van der Waals surface area contributed by atoms with Crippen LogP contribution in [0.4, 0.5) is 10.7 Å². The van der Waals surface area contributed by atoms with Gasteiger partial charge in [0.1, 0.15) is 5.00 Å². The normalized spacial score (nSPS) is 10.4. The fourth-order valence-corrected chi connectivity index (χ4v) is 4.23. The lowest BCUT2D eigenvalue weighted by molar-refractivity contribution is 0.0602. The molecule has 1 aromatic heterocycles. The fourth-order valence-electron chi connectivity index (χ4n) is 2.89. The monoisotopic (exact) mass is 424 g/mol. The third kappa shape index (κ3) is 5.65. The fraction of sp³-hybridized carbons (Fsp3) is 0.217. The summed E-state index contributed by atoms with van der Waals surface area (Å²) >= 11 is 6.93. The zero-order valence-corrected chi connectivity index (χ0v) is 18.2. The van der Waals surface area contributed by atoms with Gasteiger partial charge in [0.05, 0.1) is 12.7 Å². The summed E-state index contributed by atoms with van der Waals surface area (Å²) < 4.78 is 4.94. The lowest BCUT2D eigenvalue weighted by atomic mass is 10.1. The Bertz CT molecular complexity index is 966. The predicted molar refractivity (Wildman–Crippen MR) is 126 cm³/mol. The van der Waals surface area contributed by atoms with Gasteiger partial charge >= 0.3 is 5.97 Å². The van der Waals surface area contributed by atoms with E-state index in [1.54, 1.807) is 0 Å². The molecule has 29 heavy (non-hydrogen) atoms. The molecule has 0 aliphatic rings. The number of hydrogen-bond acceptors (Lipinski definition) is 4. The third-order valence-electron chi connectivity index (χ3n) is 4.45. The zero-order chi connectivity index (χ0) is 20.6. The highest BCUT2D eigenvalue weighted by Gasteiger charge is 2.18. The average Bonchev–Trinajstić information content (AvgIpc) is 3.17. The van der Waals surface area contributed by atoms with Crippen LogP contribution in [0.15, 0.2) is 60.7 Å². The molecule has 0 bridgehead atoms. The number of methoxy groups -OCH3 is 1. The summed E-state index contributed by atoms with van der Waals surface area (Å²) in [5, 5.41) is 7.42. The first-order valence-electron chi connectivity index (χ1n) is 9.55. The van der Waals surface area contributed by atoms with Gasteiger partial charge in [-0.3, -0.25) is 0 Å². The quantitative estimate of drug-likeness (QED) is 0.342. The van der Waals surface area contributed by atoms with E-state index in [4.69, 9.17) is 17.0 Å². The predicted octanol–water partition coefficient (Wildman–Crippen LogP) is 6.35. The minimum atomic E-state index is -0.394. The van der Waals surface area contributed by atoms with Crippen LogP contribution in [0.2, 0.25) is 0 Å². The molecular formula is C23H24N2O2S2. The Labute approximate surface area is 180 Å². The minimum Gasteiger partial charge on any atom is -0.465 e. The molecule has 3 aromatic rings. The zero-order valence-electron chi connectivity index (χ0n) is 16.5. The van der Waals surface area contributed by atoms with E-state index in [-0.39, 0.29) is 0 Å². The number of benzene rings is 2. The number of nitrogens with one attached hydrogen (secondary N) is 2. The molecule has 150 valence electrons. The van der Waals surface area contributed by atoms with Crippen molar-refractivity contribution in [2.75, 3.05) is 17.7 Å². The minimum absolute atomic E-state index is 0.394. The van der Waals surface area contributed by atoms with Crippen molar-refractivity contribution in [2.24, 2.45) is 0 Å². The van der Waals surface area contributed by atoms with Gasteiger partial charge in [0.2, 0.25) is 0 Å². The third-order valence-corrected chi connectivity index (χ3v) is 5.76. The van der Waals surface area contributed by atoms with Crippen molar-refractivity contribution < 1.29 is 9.53 Å². The summed E-state index contributed by atoms with van der Waals surface area (Å²) in [6.45, 7) is 2.19. The molecule has 2 N–H and O–H groups in total. The van der Waals surface area contributed by atoms with Gasteiger partial charge in [-0.2, -0.15) is 0 Å². The summed E-state index contributed by atoms with van der Waals surface area (Å²) in [4.78, 5) is 13.2. The first-order chi connectivity index (χ1) is 14.1. The molecular weight excluding hydrogens is 400 g/mol. The van der Waals surface area contributed by atoms with E-state index in [2.05, 4.69) is 29.7 Å². The molecule has 0 fully saturated rings. The largest absolute Gasteiger partial charge is 0.465 e. The SMILES string of the molecule is CCCCc1ccc(NC(=S)Nc2sc(-c3ccccc3)cc2C(=O)OC)cc1. The molecule has 0 aliphatic carbocycles. The van der Waals surface area contributed by atoms with Gasteiger partial charge < -0.3 is 15.4 Å². The van der Waals surface area contributed by atoms with E-state index >= 15 is 0 Å². The van der Waals surface area contributed by atoms with Crippen LogP contribution in [0, 0.1) is 0 Å². The van der Waals surface area contributed by atoms with Crippen molar-refractivity contribution in [2.45, 2.75) is 26.2 Å². The Morgan fingerprint density at radius 1 is 1.07 bits per heavy atom. The summed E-state index contributed by atoms with van der Waals surface area (Å²) in [5.41, 5.74) is 3.73. The van der Waals surface area contributed by atoms with Crippen LogP contribution < -0.4 is 10.6 Å². The van der Waals surface area contributed by atoms with Crippen LogP contribution in [0.1, 0.15) is 35.7 Å². The molecule has 0 amide bonds. The number of thiocarbonyl (C=S) groups is 1. The number of ether oxygens (including phenoxy) is 1. The van der Waals surface area contributed by atoms with Crippen LogP contribution >= 0.6 is 23.6 Å². The number of hydrogen-bond donors (Lipinski definition) is 2. The average molecular weight is 425 g/mol. The molecule has 0 saturated carbocycles. The highest BCUT2D eigenvalue weighted by atomic mass is 32.1. The second-order valence-corrected chi connectivity index (χ2v) is 8.05. The Kier molecular flexibility index (Phi) is 7.38. The van der Waals surface area contributed by atoms with Crippen LogP contribution in [0.3, 0.4) is 0 Å². The van der Waals surface area contributed by atoms with Crippen LogP contribution in [-0.2, 0) is 11.2 Å². The highest BCUT2D eigenvalue weighted by Crippen LogP contribution is 2.36. The van der Waals surface area contributed by atoms with E-state index in [0.29, 0.717) is 15.7 Å².